The summed E-state index contributed by atoms with van der Waals surface area (Å²) in [6, 6.07) is 0. The molecule has 0 amide bonds. The van der Waals surface area contributed by atoms with Gasteiger partial charge in [-0.3, -0.25) is 4.68 Å². The fraction of sp³-hybridized carbons (Fsp3) is 0.769. The van der Waals surface area contributed by atoms with Crippen LogP contribution in [-0.4, -0.2) is 28.0 Å². The SMILES string of the molecule is Cc1cnn(C)c1C(C)(O)CCNCC(C)C. The fourth-order valence-electron chi connectivity index (χ4n) is 2.16. The van der Waals surface area contributed by atoms with Crippen molar-refractivity contribution < 1.29 is 5.11 Å². The Balaban J connectivity index is 2.57. The summed E-state index contributed by atoms with van der Waals surface area (Å²) >= 11 is 0. The van der Waals surface area contributed by atoms with Gasteiger partial charge in [0.1, 0.15) is 5.60 Å². The van der Waals surface area contributed by atoms with Crippen molar-refractivity contribution >= 4 is 0 Å². The first kappa shape index (κ1) is 14.2. The van der Waals surface area contributed by atoms with E-state index >= 15 is 0 Å². The summed E-state index contributed by atoms with van der Waals surface area (Å²) in [5, 5.41) is 18.0. The molecule has 0 aliphatic rings. The third-order valence-corrected chi connectivity index (χ3v) is 2.97. The van der Waals surface area contributed by atoms with Crippen LogP contribution < -0.4 is 5.32 Å². The maximum absolute atomic E-state index is 10.5. The maximum atomic E-state index is 10.5. The van der Waals surface area contributed by atoms with Gasteiger partial charge in [0.25, 0.3) is 0 Å². The quantitative estimate of drug-likeness (QED) is 0.741. The van der Waals surface area contributed by atoms with Gasteiger partial charge in [0.15, 0.2) is 0 Å². The number of hydrogen-bond donors (Lipinski definition) is 2. The van der Waals surface area contributed by atoms with Crippen molar-refractivity contribution in [1.29, 1.82) is 0 Å². The van der Waals surface area contributed by atoms with Gasteiger partial charge in [-0.05, 0) is 44.8 Å². The second kappa shape index (κ2) is 5.65. The highest BCUT2D eigenvalue weighted by atomic mass is 16.3. The average molecular weight is 239 g/mol. The van der Waals surface area contributed by atoms with E-state index in [4.69, 9.17) is 0 Å². The molecule has 4 nitrogen and oxygen atoms in total. The first-order valence-corrected chi connectivity index (χ1v) is 6.26. The van der Waals surface area contributed by atoms with Crippen LogP contribution in [0.1, 0.15) is 38.4 Å². The molecule has 1 unspecified atom stereocenters. The van der Waals surface area contributed by atoms with E-state index in [-0.39, 0.29) is 0 Å². The molecule has 1 rings (SSSR count). The van der Waals surface area contributed by atoms with Crippen molar-refractivity contribution in [2.75, 3.05) is 13.1 Å². The third kappa shape index (κ3) is 3.82. The van der Waals surface area contributed by atoms with Crippen LogP contribution in [0.2, 0.25) is 0 Å². The molecule has 17 heavy (non-hydrogen) atoms. The molecule has 4 heteroatoms. The Labute approximate surface area is 104 Å². The molecule has 0 bridgehead atoms. The Bertz CT molecular complexity index is 336. The normalized spacial score (nSPS) is 15.2. The van der Waals surface area contributed by atoms with Crippen LogP contribution in [0.5, 0.6) is 0 Å². The Morgan fingerprint density at radius 1 is 1.53 bits per heavy atom. The average Bonchev–Trinajstić information content (AvgIpc) is 2.53. The standard InChI is InChI=1S/C13H25N3O/c1-10(2)8-14-7-6-13(4,17)12-11(3)9-15-16(12)5/h9-10,14,17H,6-8H2,1-5H3. The number of aryl methyl sites for hydroxylation is 2. The van der Waals surface area contributed by atoms with Crippen molar-refractivity contribution in [2.45, 2.75) is 39.7 Å². The van der Waals surface area contributed by atoms with Crippen molar-refractivity contribution in [2.24, 2.45) is 13.0 Å². The van der Waals surface area contributed by atoms with Crippen molar-refractivity contribution in [3.8, 4) is 0 Å². The second-order valence-corrected chi connectivity index (χ2v) is 5.42. The maximum Gasteiger partial charge on any atom is 0.105 e. The number of aliphatic hydroxyl groups is 1. The van der Waals surface area contributed by atoms with E-state index < -0.39 is 5.60 Å². The summed E-state index contributed by atoms with van der Waals surface area (Å²) in [5.74, 6) is 0.637. The van der Waals surface area contributed by atoms with Crippen LogP contribution in [0.25, 0.3) is 0 Å². The molecule has 2 N–H and O–H groups in total. The second-order valence-electron chi connectivity index (χ2n) is 5.42. The molecule has 0 saturated heterocycles. The minimum absolute atomic E-state index is 0.637. The van der Waals surface area contributed by atoms with E-state index in [0.717, 1.165) is 24.3 Å². The minimum Gasteiger partial charge on any atom is -0.384 e. The highest BCUT2D eigenvalue weighted by Gasteiger charge is 2.27. The van der Waals surface area contributed by atoms with Crippen molar-refractivity contribution in [1.82, 2.24) is 15.1 Å². The fourth-order valence-corrected chi connectivity index (χ4v) is 2.16. The van der Waals surface area contributed by atoms with E-state index in [1.807, 2.05) is 20.9 Å². The summed E-state index contributed by atoms with van der Waals surface area (Å²) < 4.78 is 1.76. The van der Waals surface area contributed by atoms with Gasteiger partial charge >= 0.3 is 0 Å². The van der Waals surface area contributed by atoms with Gasteiger partial charge in [0.05, 0.1) is 11.9 Å². The van der Waals surface area contributed by atoms with Crippen LogP contribution in [0, 0.1) is 12.8 Å². The molecule has 1 atom stereocenters. The van der Waals surface area contributed by atoms with Crippen molar-refractivity contribution in [3.05, 3.63) is 17.5 Å². The molecule has 1 heterocycles. The summed E-state index contributed by atoms with van der Waals surface area (Å²) in [4.78, 5) is 0. The van der Waals surface area contributed by atoms with Crippen LogP contribution in [0.15, 0.2) is 6.20 Å². The number of aromatic nitrogens is 2. The van der Waals surface area contributed by atoms with Gasteiger partial charge in [0.2, 0.25) is 0 Å². The van der Waals surface area contributed by atoms with Gasteiger partial charge in [-0.1, -0.05) is 13.8 Å². The lowest BCUT2D eigenvalue weighted by atomic mass is 9.95. The van der Waals surface area contributed by atoms with Crippen LogP contribution in [0.3, 0.4) is 0 Å². The van der Waals surface area contributed by atoms with E-state index in [2.05, 4.69) is 24.3 Å². The number of nitrogens with zero attached hydrogens (tertiary/aromatic N) is 2. The molecule has 0 aliphatic heterocycles. The predicted molar refractivity (Wildman–Crippen MR) is 69.8 cm³/mol. The summed E-state index contributed by atoms with van der Waals surface area (Å²) in [5.41, 5.74) is 1.13. The molecule has 1 aromatic heterocycles. The number of hydrogen-bond acceptors (Lipinski definition) is 3. The molecular formula is C13H25N3O. The first-order chi connectivity index (χ1) is 7.84. The van der Waals surface area contributed by atoms with Gasteiger partial charge in [-0.15, -0.1) is 0 Å². The summed E-state index contributed by atoms with van der Waals surface area (Å²) in [6.07, 6.45) is 2.49. The molecule has 0 fully saturated rings. The van der Waals surface area contributed by atoms with Gasteiger partial charge in [0, 0.05) is 7.05 Å². The molecule has 0 saturated carbocycles. The zero-order valence-electron chi connectivity index (χ0n) is 11.6. The molecule has 98 valence electrons. The molecule has 1 aromatic rings. The van der Waals surface area contributed by atoms with Crippen molar-refractivity contribution in [3.63, 3.8) is 0 Å². The largest absolute Gasteiger partial charge is 0.384 e. The Hall–Kier alpha value is -0.870. The third-order valence-electron chi connectivity index (χ3n) is 2.97. The highest BCUT2D eigenvalue weighted by Crippen LogP contribution is 2.26. The smallest absolute Gasteiger partial charge is 0.105 e. The molecule has 0 radical (unpaired) electrons. The first-order valence-electron chi connectivity index (χ1n) is 6.26. The van der Waals surface area contributed by atoms with E-state index in [9.17, 15) is 5.11 Å². The molecule has 0 aromatic carbocycles. The van der Waals surface area contributed by atoms with Gasteiger partial charge in [-0.2, -0.15) is 5.10 Å². The molecule has 0 aliphatic carbocycles. The Morgan fingerprint density at radius 2 is 2.18 bits per heavy atom. The lowest BCUT2D eigenvalue weighted by Crippen LogP contribution is -2.31. The van der Waals surface area contributed by atoms with E-state index in [0.29, 0.717) is 12.3 Å². The Morgan fingerprint density at radius 3 is 2.65 bits per heavy atom. The van der Waals surface area contributed by atoms with Gasteiger partial charge in [-0.25, -0.2) is 0 Å². The van der Waals surface area contributed by atoms with E-state index in [1.165, 1.54) is 0 Å². The zero-order chi connectivity index (χ0) is 13.1. The summed E-state index contributed by atoms with van der Waals surface area (Å²) in [6.45, 7) is 10.00. The van der Waals surface area contributed by atoms with Crippen LogP contribution in [-0.2, 0) is 12.6 Å². The van der Waals surface area contributed by atoms with Gasteiger partial charge < -0.3 is 10.4 Å². The minimum atomic E-state index is -0.820. The molecular weight excluding hydrogens is 214 g/mol. The number of nitrogens with one attached hydrogen (secondary N) is 1. The zero-order valence-corrected chi connectivity index (χ0v) is 11.6. The number of rotatable bonds is 6. The highest BCUT2D eigenvalue weighted by molar-refractivity contribution is 5.21. The topological polar surface area (TPSA) is 50.1 Å². The lowest BCUT2D eigenvalue weighted by Gasteiger charge is -2.25. The predicted octanol–water partition coefficient (Wildman–Crippen LogP) is 1.57. The molecule has 0 spiro atoms. The Kier molecular flexibility index (Phi) is 4.71. The van der Waals surface area contributed by atoms with Crippen LogP contribution in [0.4, 0.5) is 0 Å². The van der Waals surface area contributed by atoms with E-state index in [1.54, 1.807) is 10.9 Å². The summed E-state index contributed by atoms with van der Waals surface area (Å²) in [7, 11) is 1.87. The monoisotopic (exact) mass is 239 g/mol. The lowest BCUT2D eigenvalue weighted by molar-refractivity contribution is 0.0389. The van der Waals surface area contributed by atoms with Crippen LogP contribution >= 0.6 is 0 Å².